The first-order valence-electron chi connectivity index (χ1n) is 10.0. The molecule has 0 aliphatic carbocycles. The van der Waals surface area contributed by atoms with E-state index in [1.165, 1.54) is 16.3 Å². The molecular weight excluding hydrogens is 422 g/mol. The highest BCUT2D eigenvalue weighted by Gasteiger charge is 2.36. The number of benzene rings is 3. The van der Waals surface area contributed by atoms with Crippen LogP contribution in [0.1, 0.15) is 6.92 Å². The van der Waals surface area contributed by atoms with Gasteiger partial charge < -0.3 is 4.74 Å². The lowest BCUT2D eigenvalue weighted by molar-refractivity contribution is -0.117. The molecule has 0 fully saturated rings. The van der Waals surface area contributed by atoms with E-state index in [0.717, 1.165) is 27.8 Å². The van der Waals surface area contributed by atoms with E-state index in [9.17, 15) is 4.79 Å². The number of carbonyl (C=O) groups is 1. The first-order valence-corrected chi connectivity index (χ1v) is 10.9. The maximum atomic E-state index is 13.0. The van der Waals surface area contributed by atoms with Gasteiger partial charge in [-0.3, -0.25) is 4.79 Å². The van der Waals surface area contributed by atoms with Crippen molar-refractivity contribution in [1.29, 1.82) is 0 Å². The van der Waals surface area contributed by atoms with Crippen LogP contribution in [0.3, 0.4) is 0 Å². The van der Waals surface area contributed by atoms with Crippen LogP contribution in [0.4, 0.5) is 10.8 Å². The van der Waals surface area contributed by atoms with Gasteiger partial charge >= 0.3 is 0 Å². The van der Waals surface area contributed by atoms with Gasteiger partial charge in [0.2, 0.25) is 5.13 Å². The standard InChI is InChI=1S/C24H19N5O2S/c1-15-22(27-26-19-10-7-16-5-3-4-6-18(16)13-19)23(30)29(28-15)24-25-21(14-32-24)17-8-11-20(31-2)12-9-17/h3-14,22H,1-2H3/t22-/m1/s1. The Labute approximate surface area is 188 Å². The van der Waals surface area contributed by atoms with Gasteiger partial charge in [0, 0.05) is 10.9 Å². The van der Waals surface area contributed by atoms with Crippen LogP contribution in [0.25, 0.3) is 22.0 Å². The van der Waals surface area contributed by atoms with E-state index >= 15 is 0 Å². The van der Waals surface area contributed by atoms with E-state index in [1.54, 1.807) is 14.0 Å². The summed E-state index contributed by atoms with van der Waals surface area (Å²) in [5.74, 6) is 0.515. The number of hydrazone groups is 1. The Morgan fingerprint density at radius 1 is 1.03 bits per heavy atom. The third-order valence-corrected chi connectivity index (χ3v) is 5.99. The van der Waals surface area contributed by atoms with E-state index in [0.29, 0.717) is 16.5 Å². The van der Waals surface area contributed by atoms with Crippen LogP contribution in [0, 0.1) is 0 Å². The SMILES string of the molecule is COc1ccc(-c2csc(N3N=C(C)[C@@H](N=Nc4ccc5ccccc5c4)C3=O)n2)cc1. The zero-order valence-electron chi connectivity index (χ0n) is 17.5. The van der Waals surface area contributed by atoms with Crippen molar-refractivity contribution in [3.8, 4) is 17.0 Å². The van der Waals surface area contributed by atoms with Crippen molar-refractivity contribution in [3.63, 3.8) is 0 Å². The average molecular weight is 442 g/mol. The molecule has 2 heterocycles. The molecule has 0 N–H and O–H groups in total. The molecule has 0 saturated carbocycles. The van der Waals surface area contributed by atoms with Gasteiger partial charge in [-0.1, -0.05) is 30.3 Å². The molecule has 0 spiro atoms. The molecule has 158 valence electrons. The van der Waals surface area contributed by atoms with E-state index in [1.807, 2.05) is 72.1 Å². The third kappa shape index (κ3) is 3.76. The molecule has 32 heavy (non-hydrogen) atoms. The molecule has 1 atom stereocenters. The summed E-state index contributed by atoms with van der Waals surface area (Å²) in [6.07, 6.45) is 0. The fourth-order valence-corrected chi connectivity index (χ4v) is 4.23. The van der Waals surface area contributed by atoms with Gasteiger partial charge in [0.1, 0.15) is 5.75 Å². The molecule has 0 bridgehead atoms. The van der Waals surface area contributed by atoms with Gasteiger partial charge in [-0.2, -0.15) is 20.3 Å². The number of hydrogen-bond acceptors (Lipinski definition) is 7. The van der Waals surface area contributed by atoms with Crippen LogP contribution in [-0.2, 0) is 4.79 Å². The number of thiazole rings is 1. The lowest BCUT2D eigenvalue weighted by Gasteiger charge is -2.08. The maximum Gasteiger partial charge on any atom is 0.282 e. The molecule has 1 amide bonds. The summed E-state index contributed by atoms with van der Waals surface area (Å²) < 4.78 is 5.20. The number of carbonyl (C=O) groups excluding carboxylic acids is 1. The number of aromatic nitrogens is 1. The highest BCUT2D eigenvalue weighted by Crippen LogP contribution is 2.31. The molecule has 3 aromatic carbocycles. The van der Waals surface area contributed by atoms with Gasteiger partial charge in [0.15, 0.2) is 6.04 Å². The van der Waals surface area contributed by atoms with Crippen molar-refractivity contribution in [2.45, 2.75) is 13.0 Å². The number of azo groups is 1. The Balaban J connectivity index is 1.35. The van der Waals surface area contributed by atoms with E-state index < -0.39 is 6.04 Å². The number of ether oxygens (including phenoxy) is 1. The summed E-state index contributed by atoms with van der Waals surface area (Å²) in [5, 5.41) is 18.9. The number of rotatable bonds is 5. The predicted molar refractivity (Wildman–Crippen MR) is 127 cm³/mol. The fraction of sp³-hybridized carbons (Fsp3) is 0.125. The van der Waals surface area contributed by atoms with Gasteiger partial charge in [-0.15, -0.1) is 11.3 Å². The number of methoxy groups -OCH3 is 1. The van der Waals surface area contributed by atoms with Crippen molar-refractivity contribution < 1.29 is 9.53 Å². The Morgan fingerprint density at radius 3 is 2.59 bits per heavy atom. The van der Waals surface area contributed by atoms with E-state index in [4.69, 9.17) is 4.74 Å². The average Bonchev–Trinajstić information content (AvgIpc) is 3.42. The third-order valence-electron chi connectivity index (χ3n) is 5.18. The molecule has 1 aliphatic heterocycles. The highest BCUT2D eigenvalue weighted by atomic mass is 32.1. The number of anilines is 1. The van der Waals surface area contributed by atoms with Crippen molar-refractivity contribution in [2.24, 2.45) is 15.3 Å². The molecule has 0 radical (unpaired) electrons. The van der Waals surface area contributed by atoms with Crippen molar-refractivity contribution in [1.82, 2.24) is 4.98 Å². The Hall–Kier alpha value is -3.91. The highest BCUT2D eigenvalue weighted by molar-refractivity contribution is 7.14. The van der Waals surface area contributed by atoms with Gasteiger partial charge in [0.05, 0.1) is 24.2 Å². The summed E-state index contributed by atoms with van der Waals surface area (Å²) in [4.78, 5) is 17.6. The summed E-state index contributed by atoms with van der Waals surface area (Å²) in [7, 11) is 1.63. The summed E-state index contributed by atoms with van der Waals surface area (Å²) >= 11 is 1.36. The molecular formula is C24H19N5O2S. The summed E-state index contributed by atoms with van der Waals surface area (Å²) in [5.41, 5.74) is 2.99. The van der Waals surface area contributed by atoms with Crippen LogP contribution in [0.5, 0.6) is 5.75 Å². The van der Waals surface area contributed by atoms with Crippen LogP contribution in [0.2, 0.25) is 0 Å². The molecule has 0 unspecified atom stereocenters. The largest absolute Gasteiger partial charge is 0.497 e. The zero-order valence-corrected chi connectivity index (χ0v) is 18.3. The van der Waals surface area contributed by atoms with Gasteiger partial charge in [-0.25, -0.2) is 4.98 Å². The quantitative estimate of drug-likeness (QED) is 0.365. The Morgan fingerprint density at radius 2 is 1.81 bits per heavy atom. The second-order valence-corrected chi connectivity index (χ2v) is 8.12. The molecule has 1 aliphatic rings. The monoisotopic (exact) mass is 441 g/mol. The van der Waals surface area contributed by atoms with Crippen LogP contribution >= 0.6 is 11.3 Å². The topological polar surface area (TPSA) is 79.5 Å². The number of fused-ring (bicyclic) bond motifs is 1. The minimum absolute atomic E-state index is 0.261. The smallest absolute Gasteiger partial charge is 0.282 e. The summed E-state index contributed by atoms with van der Waals surface area (Å²) in [6, 6.07) is 20.7. The lowest BCUT2D eigenvalue weighted by Crippen LogP contribution is -2.29. The lowest BCUT2D eigenvalue weighted by atomic mass is 10.1. The molecule has 4 aromatic rings. The molecule has 7 nitrogen and oxygen atoms in total. The van der Waals surface area contributed by atoms with Gasteiger partial charge in [-0.05, 0) is 54.1 Å². The zero-order chi connectivity index (χ0) is 22.1. The van der Waals surface area contributed by atoms with E-state index in [2.05, 4.69) is 20.3 Å². The molecule has 8 heteroatoms. The van der Waals surface area contributed by atoms with Crippen LogP contribution < -0.4 is 9.75 Å². The summed E-state index contributed by atoms with van der Waals surface area (Å²) in [6.45, 7) is 1.78. The second-order valence-electron chi connectivity index (χ2n) is 7.28. The Bertz CT molecular complexity index is 1360. The van der Waals surface area contributed by atoms with Crippen LogP contribution in [-0.4, -0.2) is 29.8 Å². The van der Waals surface area contributed by atoms with Crippen LogP contribution in [0.15, 0.2) is 87.4 Å². The number of nitrogens with zero attached hydrogens (tertiary/aromatic N) is 5. The Kier molecular flexibility index (Phi) is 5.20. The molecule has 0 saturated heterocycles. The minimum Gasteiger partial charge on any atom is -0.497 e. The number of hydrogen-bond donors (Lipinski definition) is 0. The van der Waals surface area contributed by atoms with E-state index in [-0.39, 0.29) is 5.91 Å². The normalized spacial score (nSPS) is 16.2. The van der Waals surface area contributed by atoms with Gasteiger partial charge in [0.25, 0.3) is 5.91 Å². The first kappa shape index (κ1) is 20.0. The number of amides is 1. The van der Waals surface area contributed by atoms with Crippen molar-refractivity contribution >= 4 is 44.5 Å². The first-order chi connectivity index (χ1) is 15.6. The second kappa shape index (κ2) is 8.32. The minimum atomic E-state index is -0.755. The van der Waals surface area contributed by atoms with Crippen molar-refractivity contribution in [3.05, 3.63) is 72.1 Å². The predicted octanol–water partition coefficient (Wildman–Crippen LogP) is 5.85. The van der Waals surface area contributed by atoms with Crippen molar-refractivity contribution in [2.75, 3.05) is 12.1 Å². The molecule has 5 rings (SSSR count). The maximum absolute atomic E-state index is 13.0. The molecule has 1 aromatic heterocycles. The fourth-order valence-electron chi connectivity index (χ4n) is 3.45.